The summed E-state index contributed by atoms with van der Waals surface area (Å²) in [4.78, 5) is 65.3. The second-order valence-electron chi connectivity index (χ2n) is 18.5. The topological polar surface area (TPSA) is 162 Å². The number of benzene rings is 1. The fourth-order valence-electron chi connectivity index (χ4n) is 8.44. The molecule has 7 atom stereocenters. The number of carbonyl (C=O) groups is 4. The van der Waals surface area contributed by atoms with Gasteiger partial charge in [0.15, 0.2) is 5.78 Å². The van der Waals surface area contributed by atoms with Crippen LogP contribution in [0.25, 0.3) is 10.8 Å². The number of esters is 1. The molecular formula is C43H60N4O9S. The van der Waals surface area contributed by atoms with Gasteiger partial charge in [-0.15, -0.1) is 0 Å². The lowest BCUT2D eigenvalue weighted by molar-refractivity contribution is -0.160. The van der Waals surface area contributed by atoms with Crippen LogP contribution in [0.15, 0.2) is 36.4 Å². The molecule has 57 heavy (non-hydrogen) atoms. The average molecular weight is 809 g/mol. The Morgan fingerprint density at radius 2 is 1.81 bits per heavy atom. The molecule has 3 fully saturated rings. The van der Waals surface area contributed by atoms with E-state index in [1.165, 1.54) is 4.90 Å². The predicted octanol–water partition coefficient (Wildman–Crippen LogP) is 5.98. The lowest BCUT2D eigenvalue weighted by Crippen LogP contribution is -2.48. The Balaban J connectivity index is 1.37. The van der Waals surface area contributed by atoms with Gasteiger partial charge in [-0.3, -0.25) is 23.9 Å². The van der Waals surface area contributed by atoms with Crippen LogP contribution in [-0.4, -0.2) is 92.1 Å². The van der Waals surface area contributed by atoms with Crippen LogP contribution < -0.4 is 19.1 Å². The Bertz CT molecular complexity index is 2040. The van der Waals surface area contributed by atoms with Gasteiger partial charge in [0.25, 0.3) is 0 Å². The van der Waals surface area contributed by atoms with E-state index in [4.69, 9.17) is 19.2 Å². The largest absolute Gasteiger partial charge is 0.497 e. The first-order valence-corrected chi connectivity index (χ1v) is 21.7. The summed E-state index contributed by atoms with van der Waals surface area (Å²) in [5.41, 5.74) is -2.03. The van der Waals surface area contributed by atoms with Gasteiger partial charge in [-0.25, -0.2) is 8.42 Å². The number of rotatable bonds is 9. The summed E-state index contributed by atoms with van der Waals surface area (Å²) >= 11 is 0. The number of amides is 2. The van der Waals surface area contributed by atoms with Gasteiger partial charge in [-0.05, 0) is 114 Å². The summed E-state index contributed by atoms with van der Waals surface area (Å²) in [5, 5.41) is 1.56. The summed E-state index contributed by atoms with van der Waals surface area (Å²) < 4.78 is 45.7. The van der Waals surface area contributed by atoms with Gasteiger partial charge in [0.2, 0.25) is 27.7 Å². The number of pyridine rings is 1. The van der Waals surface area contributed by atoms with E-state index in [9.17, 15) is 27.6 Å². The molecule has 1 aromatic carbocycles. The Morgan fingerprint density at radius 1 is 1.09 bits per heavy atom. The molecule has 0 unspecified atom stereocenters. The van der Waals surface area contributed by atoms with E-state index in [0.717, 1.165) is 23.6 Å². The highest BCUT2D eigenvalue weighted by Crippen LogP contribution is 2.58. The third-order valence-electron chi connectivity index (χ3n) is 12.3. The van der Waals surface area contributed by atoms with Crippen LogP contribution in [-0.2, 0) is 33.9 Å². The minimum atomic E-state index is -3.96. The number of anilines is 1. The van der Waals surface area contributed by atoms with E-state index in [1.807, 2.05) is 62.3 Å². The summed E-state index contributed by atoms with van der Waals surface area (Å²) in [6.07, 6.45) is 6.46. The minimum absolute atomic E-state index is 0.0448. The van der Waals surface area contributed by atoms with Crippen molar-refractivity contribution in [2.24, 2.45) is 29.1 Å². The molecule has 14 heteroatoms. The summed E-state index contributed by atoms with van der Waals surface area (Å²) in [5.74, 6) is -1.37. The van der Waals surface area contributed by atoms with Gasteiger partial charge >= 0.3 is 5.97 Å². The molecule has 0 spiro atoms. The Hall–Kier alpha value is -4.20. The number of fused-ring (bicyclic) bond motifs is 3. The van der Waals surface area contributed by atoms with Crippen molar-refractivity contribution in [3.8, 4) is 11.6 Å². The molecule has 312 valence electrons. The number of methoxy groups -OCH3 is 1. The molecule has 2 saturated carbocycles. The lowest BCUT2D eigenvalue weighted by Gasteiger charge is -2.32. The molecular weight excluding hydrogens is 749 g/mol. The second kappa shape index (κ2) is 15.9. The number of Topliss-reactive ketones (excluding diaryl/α,β-unsaturated/α-hetero) is 1. The van der Waals surface area contributed by atoms with Crippen molar-refractivity contribution in [3.05, 3.63) is 36.4 Å². The smallest absolute Gasteiger partial charge is 0.307 e. The number of ketones is 1. The predicted molar refractivity (Wildman–Crippen MR) is 217 cm³/mol. The van der Waals surface area contributed by atoms with Crippen molar-refractivity contribution >= 4 is 50.2 Å². The summed E-state index contributed by atoms with van der Waals surface area (Å²) in [6, 6.07) is 6.50. The fourth-order valence-corrected chi connectivity index (χ4v) is 9.78. The van der Waals surface area contributed by atoms with E-state index < -0.39 is 55.7 Å². The number of hydrogen-bond donors (Lipinski definition) is 1. The van der Waals surface area contributed by atoms with Crippen LogP contribution in [0.1, 0.15) is 99.3 Å². The van der Waals surface area contributed by atoms with Gasteiger partial charge in [0, 0.05) is 32.3 Å². The highest BCUT2D eigenvalue weighted by molar-refractivity contribution is 7.91. The van der Waals surface area contributed by atoms with Gasteiger partial charge in [-0.2, -0.15) is 4.98 Å². The molecule has 13 nitrogen and oxygen atoms in total. The molecule has 0 radical (unpaired) electrons. The van der Waals surface area contributed by atoms with Gasteiger partial charge < -0.3 is 24.0 Å². The van der Waals surface area contributed by atoms with Crippen LogP contribution in [0.3, 0.4) is 0 Å². The molecule has 2 aliphatic heterocycles. The third-order valence-corrected chi connectivity index (χ3v) is 14.5. The zero-order chi connectivity index (χ0) is 41.7. The SMILES string of the molecule is COc1ccc2c(O[C@@H]3C[C@H]4C(=O)C[C@]5(C(=O)NS(=O)(=O)C6(C)CC6)C[C@H]5/C=C\CC[C@H](C)C[C@@H](C)[C@H](CC(=O)OC(C)(C)C)C(=O)N4C3)nc(N(C)C)cc2c1. The zero-order valence-corrected chi connectivity index (χ0v) is 35.7. The molecule has 6 rings (SSSR count). The summed E-state index contributed by atoms with van der Waals surface area (Å²) in [6.45, 7) is 11.1. The molecule has 4 aliphatic rings. The van der Waals surface area contributed by atoms with Crippen LogP contribution >= 0.6 is 0 Å². The molecule has 2 aromatic rings. The highest BCUT2D eigenvalue weighted by Gasteiger charge is 2.62. The van der Waals surface area contributed by atoms with E-state index in [2.05, 4.69) is 11.6 Å². The van der Waals surface area contributed by atoms with E-state index in [1.54, 1.807) is 34.8 Å². The first-order chi connectivity index (χ1) is 26.6. The molecule has 3 heterocycles. The Morgan fingerprint density at radius 3 is 2.46 bits per heavy atom. The molecule has 1 N–H and O–H groups in total. The second-order valence-corrected chi connectivity index (χ2v) is 20.7. The fraction of sp³-hybridized carbons (Fsp3) is 0.651. The highest BCUT2D eigenvalue weighted by atomic mass is 32.2. The van der Waals surface area contributed by atoms with Crippen molar-refractivity contribution in [2.45, 2.75) is 122 Å². The number of nitrogens with one attached hydrogen (secondary N) is 1. The van der Waals surface area contributed by atoms with Crippen LogP contribution in [0.2, 0.25) is 0 Å². The van der Waals surface area contributed by atoms with Gasteiger partial charge in [0.05, 0.1) is 42.2 Å². The average Bonchev–Trinajstić information content (AvgIpc) is 4.00. The van der Waals surface area contributed by atoms with Crippen molar-refractivity contribution in [3.63, 3.8) is 0 Å². The number of ether oxygens (including phenoxy) is 3. The number of carbonyl (C=O) groups excluding carboxylic acids is 4. The minimum Gasteiger partial charge on any atom is -0.497 e. The van der Waals surface area contributed by atoms with Crippen molar-refractivity contribution in [1.82, 2.24) is 14.6 Å². The molecule has 1 saturated heterocycles. The maximum Gasteiger partial charge on any atom is 0.307 e. The molecule has 2 amide bonds. The van der Waals surface area contributed by atoms with E-state index in [0.29, 0.717) is 43.1 Å². The van der Waals surface area contributed by atoms with Crippen molar-refractivity contribution < 1.29 is 41.8 Å². The van der Waals surface area contributed by atoms with E-state index >= 15 is 0 Å². The maximum absolute atomic E-state index is 15.0. The van der Waals surface area contributed by atoms with Crippen LogP contribution in [0.4, 0.5) is 5.82 Å². The Kier molecular flexibility index (Phi) is 11.8. The number of hydrogen-bond acceptors (Lipinski definition) is 11. The maximum atomic E-state index is 15.0. The number of sulfonamides is 1. The standard InChI is InChI=1S/C43H60N4O9S/c1-26-12-10-11-13-29-23-43(29,40(51)45-57(52,53)42(6)16-17-42)24-35(48)34-21-31(25-47(34)39(50)33(27(2)18-26)22-37(49)56-41(3,4)5)55-38-32-15-14-30(54-9)19-28(32)20-36(44-38)46(7)8/h11,13-15,19-20,26-27,29,31,33-34H,10,12,16-18,21-25H2,1-9H3,(H,45,51)/b13-11-/t26-,27+,29+,31+,33-,34-,43+/m0/s1. The van der Waals surface area contributed by atoms with Gasteiger partial charge in [-0.1, -0.05) is 26.0 Å². The Labute approximate surface area is 337 Å². The first kappa shape index (κ1) is 42.4. The van der Waals surface area contributed by atoms with Gasteiger partial charge in [0.1, 0.15) is 23.3 Å². The first-order valence-electron chi connectivity index (χ1n) is 20.3. The third kappa shape index (κ3) is 9.26. The monoisotopic (exact) mass is 808 g/mol. The number of nitrogens with zero attached hydrogens (tertiary/aromatic N) is 3. The molecule has 2 aliphatic carbocycles. The lowest BCUT2D eigenvalue weighted by atomic mass is 9.82. The number of aromatic nitrogens is 1. The van der Waals surface area contributed by atoms with Crippen molar-refractivity contribution in [1.29, 1.82) is 0 Å². The molecule has 0 bridgehead atoms. The zero-order valence-electron chi connectivity index (χ0n) is 34.9. The number of allylic oxidation sites excluding steroid dienone is 2. The normalized spacial score (nSPS) is 29.6. The van der Waals surface area contributed by atoms with E-state index in [-0.39, 0.29) is 55.3 Å². The molecule has 1 aromatic heterocycles. The van der Waals surface area contributed by atoms with Crippen LogP contribution in [0, 0.1) is 29.1 Å². The quantitative estimate of drug-likeness (QED) is 0.234. The van der Waals surface area contributed by atoms with Crippen molar-refractivity contribution in [2.75, 3.05) is 32.6 Å². The summed E-state index contributed by atoms with van der Waals surface area (Å²) in [7, 11) is 1.38. The van der Waals surface area contributed by atoms with Crippen LogP contribution in [0.5, 0.6) is 11.6 Å².